The van der Waals surface area contributed by atoms with Gasteiger partial charge in [0.05, 0.1) is 0 Å². The minimum Gasteiger partial charge on any atom is -0.299 e. The molecule has 0 aliphatic carbocycles. The fourth-order valence-electron chi connectivity index (χ4n) is 2.30. The lowest BCUT2D eigenvalue weighted by Crippen LogP contribution is -2.24. The molecule has 1 aromatic heterocycles. The van der Waals surface area contributed by atoms with Crippen molar-refractivity contribution in [1.29, 1.82) is 0 Å². The lowest BCUT2D eigenvalue weighted by atomic mass is 10.1. The second-order valence-corrected chi connectivity index (χ2v) is 5.92. The first-order valence-corrected chi connectivity index (χ1v) is 8.73. The van der Waals surface area contributed by atoms with Crippen molar-refractivity contribution in [2.75, 3.05) is 5.33 Å². The predicted molar refractivity (Wildman–Crippen MR) is 85.1 cm³/mol. The van der Waals surface area contributed by atoms with Crippen molar-refractivity contribution in [3.8, 4) is 0 Å². The minimum absolute atomic E-state index is 0.152. The first-order chi connectivity index (χ1) is 9.29. The second kappa shape index (κ2) is 10.3. The number of hydrogen-bond donors (Lipinski definition) is 0. The molecule has 0 fully saturated rings. The van der Waals surface area contributed by atoms with E-state index in [-0.39, 0.29) is 5.69 Å². The Hall–Kier alpha value is -0.510. The van der Waals surface area contributed by atoms with Gasteiger partial charge in [0.25, 0.3) is 0 Å². The van der Waals surface area contributed by atoms with Crippen molar-refractivity contribution >= 4 is 15.9 Å². The first kappa shape index (κ1) is 16.5. The topological polar surface area (TPSA) is 26.9 Å². The summed E-state index contributed by atoms with van der Waals surface area (Å²) in [5.74, 6) is 0. The van der Waals surface area contributed by atoms with Crippen LogP contribution in [-0.2, 0) is 13.1 Å². The molecule has 0 unspecified atom stereocenters. The quantitative estimate of drug-likeness (QED) is 0.441. The van der Waals surface area contributed by atoms with Crippen LogP contribution in [0.5, 0.6) is 0 Å². The van der Waals surface area contributed by atoms with Crippen LogP contribution in [-0.4, -0.2) is 14.5 Å². The standard InChI is InChI=1S/C15H27BrN2O/c1-2-11-17-13-14-18(15(17)19)12-9-7-5-3-4-6-8-10-16/h13-14H,2-12H2,1H3. The average Bonchev–Trinajstić information content (AvgIpc) is 2.75. The fourth-order valence-corrected chi connectivity index (χ4v) is 2.69. The van der Waals surface area contributed by atoms with Crippen molar-refractivity contribution in [2.45, 2.75) is 71.4 Å². The Labute approximate surface area is 125 Å². The molecule has 1 heterocycles. The van der Waals surface area contributed by atoms with Crippen LogP contribution in [0, 0.1) is 0 Å². The summed E-state index contributed by atoms with van der Waals surface area (Å²) in [4.78, 5) is 11.9. The van der Waals surface area contributed by atoms with E-state index in [2.05, 4.69) is 22.9 Å². The van der Waals surface area contributed by atoms with E-state index in [0.717, 1.165) is 31.3 Å². The maximum atomic E-state index is 11.9. The van der Waals surface area contributed by atoms with Crippen LogP contribution in [0.4, 0.5) is 0 Å². The van der Waals surface area contributed by atoms with Crippen molar-refractivity contribution in [3.05, 3.63) is 22.9 Å². The Balaban J connectivity index is 2.11. The maximum absolute atomic E-state index is 11.9. The van der Waals surface area contributed by atoms with Gasteiger partial charge in [0.2, 0.25) is 0 Å². The third-order valence-corrected chi connectivity index (χ3v) is 3.98. The molecule has 0 aromatic carbocycles. The summed E-state index contributed by atoms with van der Waals surface area (Å²) in [6.07, 6.45) is 13.8. The highest BCUT2D eigenvalue weighted by molar-refractivity contribution is 9.09. The van der Waals surface area contributed by atoms with Gasteiger partial charge < -0.3 is 0 Å². The molecule has 0 amide bonds. The van der Waals surface area contributed by atoms with Crippen molar-refractivity contribution < 1.29 is 0 Å². The molecule has 0 spiro atoms. The zero-order chi connectivity index (χ0) is 13.9. The van der Waals surface area contributed by atoms with Crippen LogP contribution < -0.4 is 5.69 Å². The smallest absolute Gasteiger partial charge is 0.299 e. The zero-order valence-electron chi connectivity index (χ0n) is 12.1. The fraction of sp³-hybridized carbons (Fsp3) is 0.800. The molecule has 0 saturated carbocycles. The Morgan fingerprint density at radius 3 is 2.00 bits per heavy atom. The van der Waals surface area contributed by atoms with E-state index in [9.17, 15) is 4.79 Å². The number of halogens is 1. The van der Waals surface area contributed by atoms with Gasteiger partial charge in [-0.1, -0.05) is 55.0 Å². The second-order valence-electron chi connectivity index (χ2n) is 5.13. The largest absolute Gasteiger partial charge is 0.328 e. The summed E-state index contributed by atoms with van der Waals surface area (Å²) in [5.41, 5.74) is 0.152. The molecule has 0 aliphatic heterocycles. The molecule has 0 radical (unpaired) electrons. The summed E-state index contributed by atoms with van der Waals surface area (Å²) in [6, 6.07) is 0. The molecule has 1 rings (SSSR count). The molecule has 19 heavy (non-hydrogen) atoms. The highest BCUT2D eigenvalue weighted by Crippen LogP contribution is 2.08. The summed E-state index contributed by atoms with van der Waals surface area (Å²) in [6.45, 7) is 3.80. The van der Waals surface area contributed by atoms with Gasteiger partial charge in [0, 0.05) is 30.8 Å². The van der Waals surface area contributed by atoms with Crippen molar-refractivity contribution in [1.82, 2.24) is 9.13 Å². The number of imidazole rings is 1. The van der Waals surface area contributed by atoms with Crippen LogP contribution >= 0.6 is 15.9 Å². The van der Waals surface area contributed by atoms with Gasteiger partial charge >= 0.3 is 5.69 Å². The molecular weight excluding hydrogens is 304 g/mol. The summed E-state index contributed by atoms with van der Waals surface area (Å²) >= 11 is 3.45. The maximum Gasteiger partial charge on any atom is 0.328 e. The van der Waals surface area contributed by atoms with Crippen molar-refractivity contribution in [2.24, 2.45) is 0 Å². The molecule has 110 valence electrons. The molecule has 0 atom stereocenters. The van der Waals surface area contributed by atoms with Gasteiger partial charge in [0.1, 0.15) is 0 Å². The number of aromatic nitrogens is 2. The van der Waals surface area contributed by atoms with E-state index < -0.39 is 0 Å². The van der Waals surface area contributed by atoms with Crippen LogP contribution in [0.2, 0.25) is 0 Å². The average molecular weight is 331 g/mol. The molecule has 0 bridgehead atoms. The monoisotopic (exact) mass is 330 g/mol. The minimum atomic E-state index is 0.152. The molecule has 0 saturated heterocycles. The molecule has 1 aromatic rings. The number of rotatable bonds is 11. The van der Waals surface area contributed by atoms with Crippen LogP contribution in [0.3, 0.4) is 0 Å². The third kappa shape index (κ3) is 6.46. The molecular formula is C15H27BrN2O. The van der Waals surface area contributed by atoms with E-state index in [1.54, 1.807) is 4.57 Å². The van der Waals surface area contributed by atoms with E-state index in [0.29, 0.717) is 0 Å². The Kier molecular flexibility index (Phi) is 8.97. The number of unbranched alkanes of at least 4 members (excludes halogenated alkanes) is 6. The third-order valence-electron chi connectivity index (χ3n) is 3.42. The highest BCUT2D eigenvalue weighted by Gasteiger charge is 2.01. The first-order valence-electron chi connectivity index (χ1n) is 7.61. The van der Waals surface area contributed by atoms with Gasteiger partial charge in [-0.2, -0.15) is 0 Å². The van der Waals surface area contributed by atoms with Gasteiger partial charge in [-0.25, -0.2) is 4.79 Å². The lowest BCUT2D eigenvalue weighted by molar-refractivity contribution is 0.533. The number of alkyl halides is 1. The van der Waals surface area contributed by atoms with Gasteiger partial charge in [-0.3, -0.25) is 9.13 Å². The normalized spacial score (nSPS) is 11.1. The van der Waals surface area contributed by atoms with Crippen LogP contribution in [0.1, 0.15) is 58.3 Å². The SMILES string of the molecule is CCCn1ccn(CCCCCCCCCBr)c1=O. The number of aryl methyl sites for hydroxylation is 2. The lowest BCUT2D eigenvalue weighted by Gasteiger charge is -2.03. The Bertz CT molecular complexity index is 384. The summed E-state index contributed by atoms with van der Waals surface area (Å²) in [5, 5.41) is 1.13. The van der Waals surface area contributed by atoms with Crippen LogP contribution in [0.15, 0.2) is 17.2 Å². The molecule has 4 heteroatoms. The van der Waals surface area contributed by atoms with Crippen LogP contribution in [0.25, 0.3) is 0 Å². The van der Waals surface area contributed by atoms with Crippen molar-refractivity contribution in [3.63, 3.8) is 0 Å². The Morgan fingerprint density at radius 1 is 0.895 bits per heavy atom. The van der Waals surface area contributed by atoms with E-state index >= 15 is 0 Å². The van der Waals surface area contributed by atoms with E-state index in [1.807, 2.05) is 17.0 Å². The van der Waals surface area contributed by atoms with Gasteiger partial charge in [-0.15, -0.1) is 0 Å². The number of hydrogen-bond acceptors (Lipinski definition) is 1. The van der Waals surface area contributed by atoms with E-state index in [4.69, 9.17) is 0 Å². The molecule has 0 aliphatic rings. The molecule has 0 N–H and O–H groups in total. The Morgan fingerprint density at radius 2 is 1.42 bits per heavy atom. The van der Waals surface area contributed by atoms with Gasteiger partial charge in [-0.05, 0) is 19.3 Å². The zero-order valence-corrected chi connectivity index (χ0v) is 13.7. The summed E-state index contributed by atoms with van der Waals surface area (Å²) < 4.78 is 3.65. The highest BCUT2D eigenvalue weighted by atomic mass is 79.9. The predicted octanol–water partition coefficient (Wildman–Crippen LogP) is 4.19. The summed E-state index contributed by atoms with van der Waals surface area (Å²) in [7, 11) is 0. The molecule has 3 nitrogen and oxygen atoms in total. The van der Waals surface area contributed by atoms with Gasteiger partial charge in [0.15, 0.2) is 0 Å². The number of nitrogens with zero attached hydrogens (tertiary/aromatic N) is 2. The van der Waals surface area contributed by atoms with E-state index in [1.165, 1.54) is 38.5 Å².